The van der Waals surface area contributed by atoms with Gasteiger partial charge in [-0.25, -0.2) is 0 Å². The maximum Gasteiger partial charge on any atom is 0.312 e. The number of hydrogen-bond donors (Lipinski definition) is 2. The summed E-state index contributed by atoms with van der Waals surface area (Å²) >= 11 is 6.15. The monoisotopic (exact) mass is 299 g/mol. The highest BCUT2D eigenvalue weighted by Gasteiger charge is 2.21. The van der Waals surface area contributed by atoms with Crippen molar-refractivity contribution in [1.29, 1.82) is 0 Å². The van der Waals surface area contributed by atoms with Crippen LogP contribution in [0.5, 0.6) is 5.75 Å². The fraction of sp³-hybridized carbons (Fsp3) is 0.500. The van der Waals surface area contributed by atoms with Crippen LogP contribution < -0.4 is 10.5 Å². The van der Waals surface area contributed by atoms with E-state index in [0.29, 0.717) is 22.9 Å². The van der Waals surface area contributed by atoms with E-state index < -0.39 is 11.9 Å². The lowest BCUT2D eigenvalue weighted by atomic mass is 9.99. The number of benzene rings is 1. The van der Waals surface area contributed by atoms with Crippen molar-refractivity contribution in [3.63, 3.8) is 0 Å². The number of nitrogens with two attached hydrogens (primary N) is 1. The average molecular weight is 300 g/mol. The number of carbonyl (C=O) groups is 1. The molecule has 1 aromatic carbocycles. The van der Waals surface area contributed by atoms with Crippen LogP contribution in [0.4, 0.5) is 0 Å². The Kier molecular flexibility index (Phi) is 5.23. The minimum atomic E-state index is -0.960. The molecule has 0 radical (unpaired) electrons. The number of rotatable bonds is 5. The predicted molar refractivity (Wildman–Crippen MR) is 75.4 cm³/mol. The molecule has 5 nitrogen and oxygen atoms in total. The highest BCUT2D eigenvalue weighted by atomic mass is 35.5. The van der Waals surface area contributed by atoms with Gasteiger partial charge in [0.1, 0.15) is 11.9 Å². The van der Waals surface area contributed by atoms with Crippen molar-refractivity contribution < 1.29 is 19.4 Å². The van der Waals surface area contributed by atoms with Gasteiger partial charge in [-0.05, 0) is 30.5 Å². The van der Waals surface area contributed by atoms with Gasteiger partial charge < -0.3 is 20.3 Å². The van der Waals surface area contributed by atoms with Crippen LogP contribution in [0.15, 0.2) is 18.2 Å². The highest BCUT2D eigenvalue weighted by molar-refractivity contribution is 6.32. The topological polar surface area (TPSA) is 81.8 Å². The minimum Gasteiger partial charge on any atom is -0.486 e. The van der Waals surface area contributed by atoms with Crippen LogP contribution in [-0.4, -0.2) is 36.9 Å². The van der Waals surface area contributed by atoms with Gasteiger partial charge in [0.25, 0.3) is 0 Å². The Morgan fingerprint density at radius 3 is 2.95 bits per heavy atom. The van der Waals surface area contributed by atoms with Crippen molar-refractivity contribution in [2.45, 2.75) is 24.9 Å². The number of aliphatic carboxylic acids is 1. The molecular formula is C14H18ClNO4. The summed E-state index contributed by atoms with van der Waals surface area (Å²) in [6.45, 7) is 1.35. The van der Waals surface area contributed by atoms with E-state index in [1.54, 1.807) is 18.2 Å². The molecule has 6 heteroatoms. The van der Waals surface area contributed by atoms with Gasteiger partial charge in [0, 0.05) is 13.2 Å². The maximum atomic E-state index is 11.1. The summed E-state index contributed by atoms with van der Waals surface area (Å²) in [5.74, 6) is -1.16. The van der Waals surface area contributed by atoms with Gasteiger partial charge in [-0.2, -0.15) is 0 Å². The summed E-state index contributed by atoms with van der Waals surface area (Å²) < 4.78 is 11.1. The second kappa shape index (κ2) is 6.92. The zero-order chi connectivity index (χ0) is 14.5. The van der Waals surface area contributed by atoms with Crippen LogP contribution in [0.1, 0.15) is 24.3 Å². The van der Waals surface area contributed by atoms with Gasteiger partial charge in [0.05, 0.1) is 17.5 Å². The molecule has 0 aliphatic carbocycles. The third kappa shape index (κ3) is 3.62. The Morgan fingerprint density at radius 2 is 2.40 bits per heavy atom. The Balaban J connectivity index is 2.10. The number of carboxylic acids is 1. The predicted octanol–water partition coefficient (Wildman–Crippen LogP) is 2.02. The van der Waals surface area contributed by atoms with Crippen molar-refractivity contribution in [2.24, 2.45) is 5.73 Å². The lowest BCUT2D eigenvalue weighted by Crippen LogP contribution is -2.28. The first-order valence-corrected chi connectivity index (χ1v) is 6.96. The zero-order valence-corrected chi connectivity index (χ0v) is 11.8. The highest BCUT2D eigenvalue weighted by Crippen LogP contribution is 2.30. The Labute approximate surface area is 122 Å². The Morgan fingerprint density at radius 1 is 1.60 bits per heavy atom. The molecule has 1 saturated heterocycles. The summed E-state index contributed by atoms with van der Waals surface area (Å²) in [4.78, 5) is 11.1. The first-order chi connectivity index (χ1) is 9.61. The lowest BCUT2D eigenvalue weighted by Gasteiger charge is -2.24. The molecule has 20 heavy (non-hydrogen) atoms. The van der Waals surface area contributed by atoms with Crippen molar-refractivity contribution in [1.82, 2.24) is 0 Å². The van der Waals surface area contributed by atoms with Gasteiger partial charge in [-0.1, -0.05) is 17.7 Å². The molecule has 2 unspecified atom stereocenters. The normalized spacial score (nSPS) is 20.4. The second-order valence-corrected chi connectivity index (χ2v) is 5.18. The largest absolute Gasteiger partial charge is 0.486 e. The van der Waals surface area contributed by atoms with Crippen LogP contribution in [0, 0.1) is 0 Å². The van der Waals surface area contributed by atoms with E-state index >= 15 is 0 Å². The molecule has 1 aliphatic rings. The van der Waals surface area contributed by atoms with Gasteiger partial charge in [0.15, 0.2) is 0 Å². The van der Waals surface area contributed by atoms with E-state index in [4.69, 9.17) is 31.9 Å². The number of ether oxygens (including phenoxy) is 2. The fourth-order valence-corrected chi connectivity index (χ4v) is 2.43. The molecule has 2 atom stereocenters. The zero-order valence-electron chi connectivity index (χ0n) is 11.0. The van der Waals surface area contributed by atoms with Crippen LogP contribution in [0.25, 0.3) is 0 Å². The van der Waals surface area contributed by atoms with Gasteiger partial charge in [-0.15, -0.1) is 0 Å². The SMILES string of the molecule is NCC(C(=O)O)c1ccc(OC2CCCOC2)c(Cl)c1. The lowest BCUT2D eigenvalue weighted by molar-refractivity contribution is -0.138. The van der Waals surface area contributed by atoms with E-state index in [-0.39, 0.29) is 12.6 Å². The van der Waals surface area contributed by atoms with Crippen LogP contribution in [0.3, 0.4) is 0 Å². The molecular weight excluding hydrogens is 282 g/mol. The smallest absolute Gasteiger partial charge is 0.312 e. The minimum absolute atomic E-state index is 0.00289. The first kappa shape index (κ1) is 15.1. The van der Waals surface area contributed by atoms with Gasteiger partial charge in [-0.3, -0.25) is 4.79 Å². The van der Waals surface area contributed by atoms with Crippen LogP contribution in [0.2, 0.25) is 5.02 Å². The second-order valence-electron chi connectivity index (χ2n) is 4.77. The molecule has 3 N–H and O–H groups in total. The molecule has 110 valence electrons. The third-order valence-corrected chi connectivity index (χ3v) is 3.60. The first-order valence-electron chi connectivity index (χ1n) is 6.58. The van der Waals surface area contributed by atoms with Crippen molar-refractivity contribution in [3.05, 3.63) is 28.8 Å². The van der Waals surface area contributed by atoms with E-state index in [2.05, 4.69) is 0 Å². The summed E-state index contributed by atoms with van der Waals surface area (Å²) in [5, 5.41) is 9.47. The van der Waals surface area contributed by atoms with E-state index in [0.717, 1.165) is 19.4 Å². The van der Waals surface area contributed by atoms with Crippen molar-refractivity contribution in [3.8, 4) is 5.75 Å². The summed E-state index contributed by atoms with van der Waals surface area (Å²) in [6.07, 6.45) is 1.89. The molecule has 1 aliphatic heterocycles. The average Bonchev–Trinajstić information content (AvgIpc) is 2.43. The third-order valence-electron chi connectivity index (χ3n) is 3.30. The molecule has 1 heterocycles. The number of carboxylic acid groups (broad SMARTS) is 1. The van der Waals surface area contributed by atoms with Crippen LogP contribution in [-0.2, 0) is 9.53 Å². The fourth-order valence-electron chi connectivity index (χ4n) is 2.19. The summed E-state index contributed by atoms with van der Waals surface area (Å²) in [7, 11) is 0. The van der Waals surface area contributed by atoms with E-state index in [1.807, 2.05) is 0 Å². The summed E-state index contributed by atoms with van der Waals surface area (Å²) in [6, 6.07) is 4.99. The Hall–Kier alpha value is -1.30. The number of hydrogen-bond acceptors (Lipinski definition) is 4. The molecule has 1 fully saturated rings. The molecule has 0 saturated carbocycles. The number of halogens is 1. The standard InChI is InChI=1S/C14H18ClNO4/c15-12-6-9(11(7-16)14(17)18)3-4-13(12)20-10-2-1-5-19-8-10/h3-4,6,10-11H,1-2,5,7-8,16H2,(H,17,18). The molecule has 0 spiro atoms. The molecule has 2 rings (SSSR count). The van der Waals surface area contributed by atoms with Crippen molar-refractivity contribution >= 4 is 17.6 Å². The quantitative estimate of drug-likeness (QED) is 0.869. The molecule has 0 bridgehead atoms. The Bertz CT molecular complexity index is 474. The molecule has 0 amide bonds. The van der Waals surface area contributed by atoms with Gasteiger partial charge in [0.2, 0.25) is 0 Å². The maximum absolute atomic E-state index is 11.1. The van der Waals surface area contributed by atoms with Gasteiger partial charge >= 0.3 is 5.97 Å². The van der Waals surface area contributed by atoms with E-state index in [9.17, 15) is 4.79 Å². The van der Waals surface area contributed by atoms with Crippen LogP contribution >= 0.6 is 11.6 Å². The summed E-state index contributed by atoms with van der Waals surface area (Å²) in [5.41, 5.74) is 6.05. The molecule has 1 aromatic rings. The van der Waals surface area contributed by atoms with E-state index in [1.165, 1.54) is 0 Å². The van der Waals surface area contributed by atoms with Crippen molar-refractivity contribution in [2.75, 3.05) is 19.8 Å². The molecule has 0 aromatic heterocycles.